The number of aryl methyl sites for hydroxylation is 1. The predicted octanol–water partition coefficient (Wildman–Crippen LogP) is 5.99. The SMILES string of the molecule is CCC(C)(C)c1c2ccccc2c(C)c2ccccc12. The minimum atomic E-state index is 0.187. The highest BCUT2D eigenvalue weighted by molar-refractivity contribution is 6.06. The van der Waals surface area contributed by atoms with Crippen molar-refractivity contribution >= 4 is 21.5 Å². The van der Waals surface area contributed by atoms with Gasteiger partial charge in [-0.15, -0.1) is 0 Å². The fourth-order valence-corrected chi connectivity index (χ4v) is 3.25. The minimum Gasteiger partial charge on any atom is -0.0646 e. The lowest BCUT2D eigenvalue weighted by Crippen LogP contribution is -2.17. The molecule has 0 atom stereocenters. The molecule has 0 N–H and O–H groups in total. The molecule has 0 bridgehead atoms. The first-order valence-corrected chi connectivity index (χ1v) is 7.47. The zero-order chi connectivity index (χ0) is 14.3. The molecule has 3 rings (SSSR count). The Morgan fingerprint density at radius 1 is 0.750 bits per heavy atom. The summed E-state index contributed by atoms with van der Waals surface area (Å²) in [4.78, 5) is 0. The van der Waals surface area contributed by atoms with E-state index in [1.807, 2.05) is 0 Å². The van der Waals surface area contributed by atoms with E-state index >= 15 is 0 Å². The molecular formula is C20H22. The Morgan fingerprint density at radius 2 is 1.15 bits per heavy atom. The minimum absolute atomic E-state index is 0.187. The molecule has 0 unspecified atom stereocenters. The van der Waals surface area contributed by atoms with Gasteiger partial charge in [-0.1, -0.05) is 69.3 Å². The fourth-order valence-electron chi connectivity index (χ4n) is 3.25. The predicted molar refractivity (Wildman–Crippen MR) is 89.5 cm³/mol. The molecule has 102 valence electrons. The van der Waals surface area contributed by atoms with Crippen LogP contribution in [0.4, 0.5) is 0 Å². The smallest absolute Gasteiger partial charge is 0.00939 e. The van der Waals surface area contributed by atoms with Gasteiger partial charge < -0.3 is 0 Å². The lowest BCUT2D eigenvalue weighted by Gasteiger charge is -2.28. The van der Waals surface area contributed by atoms with Gasteiger partial charge in [0.05, 0.1) is 0 Å². The van der Waals surface area contributed by atoms with Gasteiger partial charge in [-0.05, 0) is 51.4 Å². The second-order valence-electron chi connectivity index (χ2n) is 6.33. The first kappa shape index (κ1) is 13.2. The fraction of sp³-hybridized carbons (Fsp3) is 0.300. The molecule has 0 aromatic heterocycles. The molecule has 0 heteroatoms. The number of benzene rings is 3. The molecule has 0 fully saturated rings. The van der Waals surface area contributed by atoms with Gasteiger partial charge in [0.1, 0.15) is 0 Å². The van der Waals surface area contributed by atoms with Crippen molar-refractivity contribution in [1.82, 2.24) is 0 Å². The van der Waals surface area contributed by atoms with Crippen molar-refractivity contribution in [3.63, 3.8) is 0 Å². The van der Waals surface area contributed by atoms with Crippen molar-refractivity contribution in [1.29, 1.82) is 0 Å². The monoisotopic (exact) mass is 262 g/mol. The van der Waals surface area contributed by atoms with Crippen molar-refractivity contribution < 1.29 is 0 Å². The third-order valence-corrected chi connectivity index (χ3v) is 4.76. The summed E-state index contributed by atoms with van der Waals surface area (Å²) in [5.74, 6) is 0. The van der Waals surface area contributed by atoms with Crippen LogP contribution < -0.4 is 0 Å². The molecule has 0 radical (unpaired) electrons. The molecule has 0 aliphatic rings. The lowest BCUT2D eigenvalue weighted by atomic mass is 9.76. The average Bonchev–Trinajstić information content (AvgIpc) is 2.47. The molecule has 3 aromatic carbocycles. The average molecular weight is 262 g/mol. The van der Waals surface area contributed by atoms with Crippen LogP contribution in [0.15, 0.2) is 48.5 Å². The molecule has 0 saturated heterocycles. The molecule has 0 amide bonds. The van der Waals surface area contributed by atoms with Crippen molar-refractivity contribution in [2.24, 2.45) is 0 Å². The largest absolute Gasteiger partial charge is 0.0646 e. The van der Waals surface area contributed by atoms with Crippen LogP contribution in [0.2, 0.25) is 0 Å². The van der Waals surface area contributed by atoms with Gasteiger partial charge in [0.25, 0.3) is 0 Å². The van der Waals surface area contributed by atoms with E-state index in [0.717, 1.165) is 6.42 Å². The Balaban J connectivity index is 2.60. The van der Waals surface area contributed by atoms with E-state index in [0.29, 0.717) is 0 Å². The quantitative estimate of drug-likeness (QED) is 0.498. The third-order valence-electron chi connectivity index (χ3n) is 4.76. The summed E-state index contributed by atoms with van der Waals surface area (Å²) in [7, 11) is 0. The van der Waals surface area contributed by atoms with Crippen LogP contribution in [0.25, 0.3) is 21.5 Å². The number of hydrogen-bond acceptors (Lipinski definition) is 0. The highest BCUT2D eigenvalue weighted by atomic mass is 14.3. The Kier molecular flexibility index (Phi) is 3.05. The maximum absolute atomic E-state index is 2.36. The second-order valence-corrected chi connectivity index (χ2v) is 6.33. The highest BCUT2D eigenvalue weighted by Crippen LogP contribution is 2.40. The van der Waals surface area contributed by atoms with E-state index in [-0.39, 0.29) is 5.41 Å². The summed E-state index contributed by atoms with van der Waals surface area (Å²) < 4.78 is 0. The molecule has 20 heavy (non-hydrogen) atoms. The lowest BCUT2D eigenvalue weighted by molar-refractivity contribution is 0.515. The van der Waals surface area contributed by atoms with Crippen LogP contribution >= 0.6 is 0 Å². The number of fused-ring (bicyclic) bond motifs is 2. The van der Waals surface area contributed by atoms with Gasteiger partial charge in [-0.3, -0.25) is 0 Å². The van der Waals surface area contributed by atoms with Crippen molar-refractivity contribution in [3.05, 3.63) is 59.7 Å². The molecule has 0 spiro atoms. The first-order valence-electron chi connectivity index (χ1n) is 7.47. The van der Waals surface area contributed by atoms with E-state index in [1.54, 1.807) is 0 Å². The summed E-state index contributed by atoms with van der Waals surface area (Å²) in [6, 6.07) is 17.7. The molecule has 3 aromatic rings. The van der Waals surface area contributed by atoms with Crippen molar-refractivity contribution in [2.75, 3.05) is 0 Å². The van der Waals surface area contributed by atoms with Crippen LogP contribution in [-0.4, -0.2) is 0 Å². The number of hydrogen-bond donors (Lipinski definition) is 0. The molecular weight excluding hydrogens is 240 g/mol. The normalized spacial score (nSPS) is 12.2. The van der Waals surface area contributed by atoms with Crippen LogP contribution in [0, 0.1) is 6.92 Å². The first-order chi connectivity index (χ1) is 9.56. The van der Waals surface area contributed by atoms with Gasteiger partial charge in [0.2, 0.25) is 0 Å². The van der Waals surface area contributed by atoms with E-state index < -0.39 is 0 Å². The van der Waals surface area contributed by atoms with Crippen LogP contribution in [0.3, 0.4) is 0 Å². The van der Waals surface area contributed by atoms with Gasteiger partial charge in [-0.25, -0.2) is 0 Å². The summed E-state index contributed by atoms with van der Waals surface area (Å²) in [6.07, 6.45) is 1.14. The topological polar surface area (TPSA) is 0 Å². The summed E-state index contributed by atoms with van der Waals surface area (Å²) in [5, 5.41) is 5.61. The van der Waals surface area contributed by atoms with Gasteiger partial charge in [0, 0.05) is 0 Å². The van der Waals surface area contributed by atoms with Crippen LogP contribution in [0.5, 0.6) is 0 Å². The van der Waals surface area contributed by atoms with Crippen molar-refractivity contribution in [3.8, 4) is 0 Å². The molecule has 0 heterocycles. The zero-order valence-electron chi connectivity index (χ0n) is 12.8. The van der Waals surface area contributed by atoms with Crippen LogP contribution in [0.1, 0.15) is 38.3 Å². The Bertz CT molecular complexity index is 721. The van der Waals surface area contributed by atoms with E-state index in [1.165, 1.54) is 32.7 Å². The van der Waals surface area contributed by atoms with E-state index in [2.05, 4.69) is 76.2 Å². The van der Waals surface area contributed by atoms with Gasteiger partial charge >= 0.3 is 0 Å². The third kappa shape index (κ3) is 1.83. The standard InChI is InChI=1S/C20H22/c1-5-20(3,4)19-17-12-8-6-10-15(17)14(2)16-11-7-9-13-18(16)19/h6-13H,5H2,1-4H3. The zero-order valence-corrected chi connectivity index (χ0v) is 12.8. The number of rotatable bonds is 2. The summed E-state index contributed by atoms with van der Waals surface area (Å²) in [6.45, 7) is 9.24. The van der Waals surface area contributed by atoms with Gasteiger partial charge in [0.15, 0.2) is 0 Å². The maximum Gasteiger partial charge on any atom is -0.00939 e. The molecule has 0 saturated carbocycles. The molecule has 0 aliphatic carbocycles. The second kappa shape index (κ2) is 4.63. The van der Waals surface area contributed by atoms with E-state index in [4.69, 9.17) is 0 Å². The Labute approximate surface area is 121 Å². The molecule has 0 aliphatic heterocycles. The van der Waals surface area contributed by atoms with Crippen molar-refractivity contribution in [2.45, 2.75) is 39.5 Å². The highest BCUT2D eigenvalue weighted by Gasteiger charge is 2.24. The van der Waals surface area contributed by atoms with Gasteiger partial charge in [-0.2, -0.15) is 0 Å². The Hall–Kier alpha value is -1.82. The summed E-state index contributed by atoms with van der Waals surface area (Å²) >= 11 is 0. The summed E-state index contributed by atoms with van der Waals surface area (Å²) in [5.41, 5.74) is 3.08. The maximum atomic E-state index is 2.36. The Morgan fingerprint density at radius 3 is 1.55 bits per heavy atom. The van der Waals surface area contributed by atoms with E-state index in [9.17, 15) is 0 Å². The molecule has 0 nitrogen and oxygen atoms in total. The van der Waals surface area contributed by atoms with Crippen LogP contribution in [-0.2, 0) is 5.41 Å².